The van der Waals surface area contributed by atoms with E-state index in [0.29, 0.717) is 80.2 Å². The smallest absolute Gasteiger partial charge is 0.256 e. The zero-order valence-corrected chi connectivity index (χ0v) is 44.7. The Morgan fingerprint density at radius 1 is 0.961 bits per heavy atom. The molecule has 76 heavy (non-hydrogen) atoms. The number of nitrogens with zero attached hydrogens (tertiary/aromatic N) is 7. The van der Waals surface area contributed by atoms with Crippen molar-refractivity contribution in [1.82, 2.24) is 25.4 Å². The minimum absolute atomic E-state index is 0.00747. The molecule has 1 aromatic heterocycles. The molecule has 5 N–H and O–H groups in total. The summed E-state index contributed by atoms with van der Waals surface area (Å²) in [5.74, 6) is -0.595. The van der Waals surface area contributed by atoms with Gasteiger partial charge in [-0.1, -0.05) is 63.3 Å². The molecule has 2 saturated heterocycles. The number of carbonyl (C=O) groups is 6. The average molecular weight is 1050 g/mol. The minimum Gasteiger partial charge on any atom is -0.494 e. The Morgan fingerprint density at radius 2 is 1.71 bits per heavy atom. The molecule has 19 nitrogen and oxygen atoms in total. The number of aliphatic imine (C=N–C) groups is 2. The van der Waals surface area contributed by atoms with Gasteiger partial charge in [-0.05, 0) is 79.6 Å². The highest BCUT2D eigenvalue weighted by Gasteiger charge is 2.44. The van der Waals surface area contributed by atoms with Gasteiger partial charge in [-0.15, -0.1) is 11.3 Å². The minimum atomic E-state index is -0.947. The largest absolute Gasteiger partial charge is 0.494 e. The molecule has 0 aliphatic carbocycles. The molecular weight excluding hydrogens is 987 g/mol. The maximum absolute atomic E-state index is 14.1. The molecule has 2 fully saturated rings. The highest BCUT2D eigenvalue weighted by Crippen LogP contribution is 2.34. The van der Waals surface area contributed by atoms with E-state index in [-0.39, 0.29) is 67.8 Å². The van der Waals surface area contributed by atoms with Crippen LogP contribution in [-0.2, 0) is 35.3 Å². The van der Waals surface area contributed by atoms with E-state index < -0.39 is 29.5 Å². The van der Waals surface area contributed by atoms with Gasteiger partial charge in [-0.3, -0.25) is 33.7 Å². The third kappa shape index (κ3) is 12.9. The van der Waals surface area contributed by atoms with Crippen LogP contribution in [-0.4, -0.2) is 132 Å². The van der Waals surface area contributed by atoms with E-state index in [2.05, 4.69) is 37.7 Å². The van der Waals surface area contributed by atoms with Gasteiger partial charge in [0.05, 0.1) is 53.1 Å². The zero-order chi connectivity index (χ0) is 54.3. The Hall–Kier alpha value is -7.71. The standard InChI is InChI=1S/C56H67N11O8S/c1-8-46(69)60-38-12-11-13-40(27-38)67-49(72)26-34(2)42-31-58-55(63-52(42)67)61-43-21-20-39(28-45(43)75-7)64-22-24-65(25-23-64)48(71)15-10-9-14-47(70)62-51(56(4,5)6)54(74)66-32-41(68)29-44(66)53(73)57-30-36-16-18-37(19-17-36)50-35(3)59-33-76-50/h8,11-13,16-21,26-28,33,41-42,44,51,68H,1,9-10,14-15,22-25,29-32H2,2-7H3,(H,57,73)(H,58,61)(H,60,69)(H,62,70)/t41-,42?,44+,51-/m1/s1. The zero-order valence-electron chi connectivity index (χ0n) is 43.9. The van der Waals surface area contributed by atoms with Crippen molar-refractivity contribution in [2.24, 2.45) is 21.3 Å². The van der Waals surface area contributed by atoms with Crippen LogP contribution in [0, 0.1) is 18.3 Å². The number of piperazine rings is 1. The summed E-state index contributed by atoms with van der Waals surface area (Å²) in [5.41, 5.74) is 7.44. The number of thiazole rings is 1. The van der Waals surface area contributed by atoms with Crippen molar-refractivity contribution in [3.05, 3.63) is 108 Å². The number of rotatable bonds is 17. The second-order valence-electron chi connectivity index (χ2n) is 20.5. The van der Waals surface area contributed by atoms with Crippen LogP contribution in [0.15, 0.2) is 107 Å². The summed E-state index contributed by atoms with van der Waals surface area (Å²) in [5, 5.41) is 22.5. The predicted molar refractivity (Wildman–Crippen MR) is 295 cm³/mol. The number of aliphatic hydroxyl groups excluding tert-OH is 1. The number of aromatic nitrogens is 1. The van der Waals surface area contributed by atoms with Crippen LogP contribution in [0.4, 0.5) is 22.7 Å². The quantitative estimate of drug-likeness (QED) is 0.0603. The molecule has 0 radical (unpaired) electrons. The SMILES string of the molecule is C=CC(=O)Nc1cccc(N2C(=O)C=C(C)C3CN=C(Nc4ccc(N5CCN(C(=O)CCCCC(=O)N[C@H](C(=O)N6C[C@H](O)C[C@H]6C(=O)NCc6ccc(-c7scnc7C)cc6)C(C)(C)C)CC5)cc4OC)N=C32)c1. The monoisotopic (exact) mass is 1050 g/mol. The number of guanidine groups is 1. The topological polar surface area (TPSA) is 231 Å². The Kier molecular flexibility index (Phi) is 17.1. The first-order chi connectivity index (χ1) is 36.4. The number of hydrogen-bond donors (Lipinski definition) is 5. The second kappa shape index (κ2) is 23.9. The second-order valence-corrected chi connectivity index (χ2v) is 21.4. The lowest BCUT2D eigenvalue weighted by atomic mass is 9.85. The van der Waals surface area contributed by atoms with Gasteiger partial charge < -0.3 is 45.8 Å². The van der Waals surface area contributed by atoms with Crippen LogP contribution in [0.25, 0.3) is 10.4 Å². The van der Waals surface area contributed by atoms with Crippen molar-refractivity contribution in [2.45, 2.75) is 91.5 Å². The number of carbonyl (C=O) groups excluding carboxylic acids is 6. The van der Waals surface area contributed by atoms with Crippen molar-refractivity contribution < 1.29 is 38.6 Å². The number of methoxy groups -OCH3 is 1. The van der Waals surface area contributed by atoms with Gasteiger partial charge >= 0.3 is 0 Å². The number of fused-ring (bicyclic) bond motifs is 1. The third-order valence-electron chi connectivity index (χ3n) is 14.0. The maximum atomic E-state index is 14.1. The normalized spacial score (nSPS) is 18.9. The molecule has 6 amide bonds. The molecule has 400 valence electrons. The van der Waals surface area contributed by atoms with Gasteiger partial charge in [0.25, 0.3) is 5.91 Å². The lowest BCUT2D eigenvalue weighted by Crippen LogP contribution is -2.57. The van der Waals surface area contributed by atoms with E-state index in [1.54, 1.807) is 48.8 Å². The molecule has 3 aromatic carbocycles. The fraction of sp³-hybridized carbons (Fsp3) is 0.411. The summed E-state index contributed by atoms with van der Waals surface area (Å²) >= 11 is 1.57. The van der Waals surface area contributed by atoms with Gasteiger partial charge in [0.15, 0.2) is 0 Å². The lowest BCUT2D eigenvalue weighted by molar-refractivity contribution is -0.144. The Bertz CT molecular complexity index is 2950. The average Bonchev–Trinajstić information content (AvgIpc) is 4.05. The fourth-order valence-electron chi connectivity index (χ4n) is 9.80. The molecule has 1 unspecified atom stereocenters. The van der Waals surface area contributed by atoms with Crippen LogP contribution in [0.2, 0.25) is 0 Å². The van der Waals surface area contributed by atoms with Crippen LogP contribution in [0.1, 0.15) is 71.1 Å². The Balaban J connectivity index is 0.791. The predicted octanol–water partition coefficient (Wildman–Crippen LogP) is 6.06. The fourth-order valence-corrected chi connectivity index (χ4v) is 10.6. The first-order valence-corrected chi connectivity index (χ1v) is 26.5. The highest BCUT2D eigenvalue weighted by molar-refractivity contribution is 7.13. The van der Waals surface area contributed by atoms with Gasteiger partial charge in [0.2, 0.25) is 35.5 Å². The molecule has 4 aliphatic rings. The number of benzene rings is 3. The molecular formula is C56H67N11O8S. The number of unbranched alkanes of at least 4 members (excludes halogenated alkanes) is 1. The van der Waals surface area contributed by atoms with Crippen LogP contribution in [0.3, 0.4) is 0 Å². The number of nitrogens with one attached hydrogen (secondary N) is 4. The Morgan fingerprint density at radius 3 is 2.41 bits per heavy atom. The molecule has 4 aliphatic heterocycles. The number of anilines is 4. The highest BCUT2D eigenvalue weighted by atomic mass is 32.1. The number of aliphatic hydroxyl groups is 1. The number of ether oxygens (including phenoxy) is 1. The van der Waals surface area contributed by atoms with Gasteiger partial charge in [0, 0.05) is 82.0 Å². The van der Waals surface area contributed by atoms with Crippen LogP contribution in [0.5, 0.6) is 5.75 Å². The van der Waals surface area contributed by atoms with E-state index in [0.717, 1.165) is 33.0 Å². The van der Waals surface area contributed by atoms with Gasteiger partial charge in [0.1, 0.15) is 23.7 Å². The summed E-state index contributed by atoms with van der Waals surface area (Å²) < 4.78 is 5.81. The molecule has 8 rings (SSSR count). The summed E-state index contributed by atoms with van der Waals surface area (Å²) in [6, 6.07) is 18.8. The van der Waals surface area contributed by atoms with Crippen LogP contribution < -0.4 is 35.8 Å². The number of β-amino-alcohol motifs (C(OH)–C–C–N with tert-alkyl or cyclic N) is 1. The van der Waals surface area contributed by atoms with Crippen molar-refractivity contribution >= 4 is 81.3 Å². The van der Waals surface area contributed by atoms with Gasteiger partial charge in [-0.25, -0.2) is 9.98 Å². The lowest BCUT2D eigenvalue weighted by Gasteiger charge is -2.36. The van der Waals surface area contributed by atoms with Crippen molar-refractivity contribution in [3.63, 3.8) is 0 Å². The molecule has 4 atom stereocenters. The van der Waals surface area contributed by atoms with E-state index in [1.807, 2.05) is 87.5 Å². The number of amidine groups is 1. The molecule has 5 heterocycles. The molecule has 20 heteroatoms. The van der Waals surface area contributed by atoms with Gasteiger partial charge in [-0.2, -0.15) is 4.99 Å². The Labute approximate surface area is 447 Å². The van der Waals surface area contributed by atoms with Crippen LogP contribution >= 0.6 is 11.3 Å². The third-order valence-corrected chi connectivity index (χ3v) is 15.0. The summed E-state index contributed by atoms with van der Waals surface area (Å²) in [7, 11) is 1.58. The van der Waals surface area contributed by atoms with E-state index in [1.165, 1.54) is 15.9 Å². The van der Waals surface area contributed by atoms with Crippen molar-refractivity contribution in [3.8, 4) is 16.2 Å². The van der Waals surface area contributed by atoms with E-state index in [4.69, 9.17) is 14.7 Å². The number of aryl methyl sites for hydroxylation is 1. The molecule has 4 aromatic rings. The molecule has 0 spiro atoms. The summed E-state index contributed by atoms with van der Waals surface area (Å²) in [6.07, 6.45) is 3.30. The number of likely N-dealkylation sites (tertiary alicyclic amines) is 1. The van der Waals surface area contributed by atoms with Crippen molar-refractivity contribution in [1.29, 1.82) is 0 Å². The molecule has 0 bridgehead atoms. The molecule has 0 saturated carbocycles. The maximum Gasteiger partial charge on any atom is 0.256 e. The first kappa shape index (κ1) is 54.5. The number of amides is 6. The summed E-state index contributed by atoms with van der Waals surface area (Å²) in [4.78, 5) is 102. The van der Waals surface area contributed by atoms with E-state index in [9.17, 15) is 33.9 Å². The van der Waals surface area contributed by atoms with Crippen molar-refractivity contribution in [2.75, 3.05) is 66.8 Å². The first-order valence-electron chi connectivity index (χ1n) is 25.6. The summed E-state index contributed by atoms with van der Waals surface area (Å²) in [6.45, 7) is 15.7. The van der Waals surface area contributed by atoms with E-state index >= 15 is 0 Å². The number of hydrogen-bond acceptors (Lipinski definition) is 14.